The minimum atomic E-state index is -3.57. The van der Waals surface area contributed by atoms with Crippen LogP contribution in [0.2, 0.25) is 0 Å². The average molecular weight is 340 g/mol. The SMILES string of the molecule is CCCCNS(=O)(=O)c1ccc2c(c1)NC(=O)[C@@H](CCCC)O2. The second-order valence-corrected chi connectivity index (χ2v) is 7.41. The fourth-order valence-corrected chi connectivity index (χ4v) is 3.44. The number of fused-ring (bicyclic) bond motifs is 1. The van der Waals surface area contributed by atoms with Crippen LogP contribution < -0.4 is 14.8 Å². The maximum atomic E-state index is 12.2. The van der Waals surface area contributed by atoms with Crippen LogP contribution >= 0.6 is 0 Å². The number of ether oxygens (including phenoxy) is 1. The standard InChI is InChI=1S/C16H24N2O4S/c1-3-5-7-15-16(19)18-13-11-12(8-9-14(13)22-15)23(20,21)17-10-6-4-2/h8-9,11,15,17H,3-7,10H2,1-2H3,(H,18,19)/t15-/m1/s1. The monoisotopic (exact) mass is 340 g/mol. The van der Waals surface area contributed by atoms with Crippen molar-refractivity contribution in [3.8, 4) is 5.75 Å². The number of rotatable bonds is 8. The molecule has 0 radical (unpaired) electrons. The van der Waals surface area contributed by atoms with Gasteiger partial charge in [-0.05, 0) is 37.5 Å². The lowest BCUT2D eigenvalue weighted by molar-refractivity contribution is -0.123. The third-order valence-corrected chi connectivity index (χ3v) is 5.18. The number of nitrogens with one attached hydrogen (secondary N) is 2. The smallest absolute Gasteiger partial charge is 0.265 e. The van der Waals surface area contributed by atoms with Gasteiger partial charge in [0.15, 0.2) is 6.10 Å². The summed E-state index contributed by atoms with van der Waals surface area (Å²) in [7, 11) is -3.57. The molecule has 1 aliphatic heterocycles. The molecule has 0 unspecified atom stereocenters. The first-order valence-corrected chi connectivity index (χ1v) is 9.57. The molecule has 0 saturated carbocycles. The highest BCUT2D eigenvalue weighted by Gasteiger charge is 2.28. The minimum absolute atomic E-state index is 0.128. The molecule has 1 atom stereocenters. The number of carbonyl (C=O) groups is 1. The Balaban J connectivity index is 2.15. The number of carbonyl (C=O) groups excluding carboxylic acids is 1. The molecule has 0 spiro atoms. The zero-order valence-electron chi connectivity index (χ0n) is 13.6. The number of sulfonamides is 1. The fraction of sp³-hybridized carbons (Fsp3) is 0.562. The highest BCUT2D eigenvalue weighted by atomic mass is 32.2. The first-order valence-electron chi connectivity index (χ1n) is 8.09. The maximum absolute atomic E-state index is 12.2. The molecule has 1 heterocycles. The Morgan fingerprint density at radius 2 is 1.96 bits per heavy atom. The number of benzene rings is 1. The zero-order valence-corrected chi connectivity index (χ0v) is 14.4. The van der Waals surface area contributed by atoms with E-state index in [1.165, 1.54) is 12.1 Å². The van der Waals surface area contributed by atoms with Crippen LogP contribution in [0.4, 0.5) is 5.69 Å². The Morgan fingerprint density at radius 1 is 1.22 bits per heavy atom. The van der Waals surface area contributed by atoms with Crippen LogP contribution in [0.5, 0.6) is 5.75 Å². The van der Waals surface area contributed by atoms with Crippen molar-refractivity contribution in [2.45, 2.75) is 57.0 Å². The second kappa shape index (κ2) is 7.79. The van der Waals surface area contributed by atoms with E-state index in [4.69, 9.17) is 4.74 Å². The van der Waals surface area contributed by atoms with Crippen molar-refractivity contribution in [2.75, 3.05) is 11.9 Å². The number of unbranched alkanes of at least 4 members (excludes halogenated alkanes) is 2. The van der Waals surface area contributed by atoms with Gasteiger partial charge in [-0.15, -0.1) is 0 Å². The predicted octanol–water partition coefficient (Wildman–Crippen LogP) is 2.65. The van der Waals surface area contributed by atoms with Gasteiger partial charge >= 0.3 is 0 Å². The summed E-state index contributed by atoms with van der Waals surface area (Å²) in [5, 5.41) is 2.74. The number of hydrogen-bond donors (Lipinski definition) is 2. The topological polar surface area (TPSA) is 84.5 Å². The average Bonchev–Trinajstić information content (AvgIpc) is 2.52. The van der Waals surface area contributed by atoms with Crippen molar-refractivity contribution < 1.29 is 17.9 Å². The Kier molecular flexibility index (Phi) is 6.01. The molecule has 1 aromatic carbocycles. The molecule has 6 nitrogen and oxygen atoms in total. The van der Waals surface area contributed by atoms with E-state index in [1.54, 1.807) is 6.07 Å². The van der Waals surface area contributed by atoms with Crippen LogP contribution in [0.3, 0.4) is 0 Å². The molecule has 0 bridgehead atoms. The van der Waals surface area contributed by atoms with E-state index >= 15 is 0 Å². The molecule has 23 heavy (non-hydrogen) atoms. The minimum Gasteiger partial charge on any atom is -0.478 e. The Labute approximate surface area is 137 Å². The van der Waals surface area contributed by atoms with Gasteiger partial charge in [-0.25, -0.2) is 13.1 Å². The van der Waals surface area contributed by atoms with E-state index < -0.39 is 16.1 Å². The summed E-state index contributed by atoms with van der Waals surface area (Å²) in [5.74, 6) is 0.289. The lowest BCUT2D eigenvalue weighted by Crippen LogP contribution is -2.37. The van der Waals surface area contributed by atoms with Gasteiger partial charge in [0.05, 0.1) is 10.6 Å². The van der Waals surface area contributed by atoms with Crippen molar-refractivity contribution in [3.05, 3.63) is 18.2 Å². The summed E-state index contributed by atoms with van der Waals surface area (Å²) in [6.07, 6.45) is 3.73. The third-order valence-electron chi connectivity index (χ3n) is 3.72. The normalized spacial score (nSPS) is 17.3. The zero-order chi connectivity index (χ0) is 16.9. The van der Waals surface area contributed by atoms with E-state index in [1.807, 2.05) is 6.92 Å². The largest absolute Gasteiger partial charge is 0.478 e. The van der Waals surface area contributed by atoms with E-state index in [0.29, 0.717) is 24.4 Å². The highest BCUT2D eigenvalue weighted by molar-refractivity contribution is 7.89. The molecule has 0 aliphatic carbocycles. The van der Waals surface area contributed by atoms with Crippen molar-refractivity contribution >= 4 is 21.6 Å². The van der Waals surface area contributed by atoms with Gasteiger partial charge in [0.1, 0.15) is 5.75 Å². The quantitative estimate of drug-likeness (QED) is 0.713. The summed E-state index contributed by atoms with van der Waals surface area (Å²) in [4.78, 5) is 12.2. The summed E-state index contributed by atoms with van der Waals surface area (Å²) < 4.78 is 32.7. The van der Waals surface area contributed by atoms with Crippen LogP contribution in [0.1, 0.15) is 46.0 Å². The summed E-state index contributed by atoms with van der Waals surface area (Å²) in [5.41, 5.74) is 0.404. The van der Waals surface area contributed by atoms with Crippen LogP contribution in [0.15, 0.2) is 23.1 Å². The van der Waals surface area contributed by atoms with Crippen molar-refractivity contribution in [2.24, 2.45) is 0 Å². The lowest BCUT2D eigenvalue weighted by atomic mass is 10.1. The van der Waals surface area contributed by atoms with Crippen molar-refractivity contribution in [3.63, 3.8) is 0 Å². The number of hydrogen-bond acceptors (Lipinski definition) is 4. The fourth-order valence-electron chi connectivity index (χ4n) is 2.34. The van der Waals surface area contributed by atoms with Gasteiger partial charge in [-0.3, -0.25) is 4.79 Å². The van der Waals surface area contributed by atoms with E-state index in [-0.39, 0.29) is 10.8 Å². The van der Waals surface area contributed by atoms with Crippen LogP contribution in [-0.4, -0.2) is 27.0 Å². The first kappa shape index (κ1) is 17.7. The molecular formula is C16H24N2O4S. The van der Waals surface area contributed by atoms with Gasteiger partial charge < -0.3 is 10.1 Å². The molecule has 7 heteroatoms. The molecule has 2 N–H and O–H groups in total. The predicted molar refractivity (Wildman–Crippen MR) is 89.1 cm³/mol. The van der Waals surface area contributed by atoms with Crippen LogP contribution in [0, 0.1) is 0 Å². The van der Waals surface area contributed by atoms with Gasteiger partial charge in [0.25, 0.3) is 5.91 Å². The van der Waals surface area contributed by atoms with Gasteiger partial charge in [-0.1, -0.05) is 26.7 Å². The molecule has 0 saturated heterocycles. The second-order valence-electron chi connectivity index (χ2n) is 5.65. The van der Waals surface area contributed by atoms with E-state index in [9.17, 15) is 13.2 Å². The molecular weight excluding hydrogens is 316 g/mol. The first-order chi connectivity index (χ1) is 11.0. The van der Waals surface area contributed by atoms with Gasteiger partial charge in [0.2, 0.25) is 10.0 Å². The molecule has 128 valence electrons. The maximum Gasteiger partial charge on any atom is 0.265 e. The molecule has 1 aromatic rings. The third kappa shape index (κ3) is 4.45. The highest BCUT2D eigenvalue weighted by Crippen LogP contribution is 2.32. The lowest BCUT2D eigenvalue weighted by Gasteiger charge is -2.26. The molecule has 0 aromatic heterocycles. The van der Waals surface area contributed by atoms with Crippen LogP contribution in [0.25, 0.3) is 0 Å². The molecule has 2 rings (SSSR count). The molecule has 1 aliphatic rings. The van der Waals surface area contributed by atoms with Crippen molar-refractivity contribution in [1.82, 2.24) is 4.72 Å². The Bertz CT molecular complexity index is 658. The number of anilines is 1. The van der Waals surface area contributed by atoms with Gasteiger partial charge in [0, 0.05) is 6.54 Å². The van der Waals surface area contributed by atoms with Gasteiger partial charge in [-0.2, -0.15) is 0 Å². The summed E-state index contributed by atoms with van der Waals surface area (Å²) in [6.45, 7) is 4.45. The summed E-state index contributed by atoms with van der Waals surface area (Å²) >= 11 is 0. The van der Waals surface area contributed by atoms with E-state index in [0.717, 1.165) is 25.7 Å². The Hall–Kier alpha value is -1.60. The summed E-state index contributed by atoms with van der Waals surface area (Å²) in [6, 6.07) is 4.54. The van der Waals surface area contributed by atoms with Crippen molar-refractivity contribution in [1.29, 1.82) is 0 Å². The van der Waals surface area contributed by atoms with Crippen LogP contribution in [-0.2, 0) is 14.8 Å². The number of amides is 1. The molecule has 0 fully saturated rings. The van der Waals surface area contributed by atoms with E-state index in [2.05, 4.69) is 17.0 Å². The Morgan fingerprint density at radius 3 is 2.65 bits per heavy atom. The molecule has 1 amide bonds.